The highest BCUT2D eigenvalue weighted by molar-refractivity contribution is 5.74. The second kappa shape index (κ2) is 6.41. The Morgan fingerprint density at radius 1 is 1.10 bits per heavy atom. The molecule has 0 aliphatic carbocycles. The molecule has 0 heterocycles. The summed E-state index contributed by atoms with van der Waals surface area (Å²) < 4.78 is 0. The zero-order chi connectivity index (χ0) is 14.4. The van der Waals surface area contributed by atoms with Gasteiger partial charge in [-0.15, -0.1) is 0 Å². The Hall–Kier alpha value is -2.78. The van der Waals surface area contributed by atoms with Gasteiger partial charge < -0.3 is 5.11 Å². The number of nitrogens with zero attached hydrogens (tertiary/aromatic N) is 3. The van der Waals surface area contributed by atoms with Crippen LogP contribution in [0.2, 0.25) is 0 Å². The Bertz CT molecular complexity index is 630. The third-order valence-corrected chi connectivity index (χ3v) is 2.97. The fourth-order valence-corrected chi connectivity index (χ4v) is 1.93. The van der Waals surface area contributed by atoms with Gasteiger partial charge >= 0.3 is 5.97 Å². The molecule has 1 N–H and O–H groups in total. The van der Waals surface area contributed by atoms with Gasteiger partial charge in [0, 0.05) is 4.91 Å². The smallest absolute Gasteiger partial charge is 0.312 e. The number of rotatable bonds is 5. The van der Waals surface area contributed by atoms with Crippen LogP contribution in [0, 0.1) is 0 Å². The van der Waals surface area contributed by atoms with Crippen molar-refractivity contribution in [3.8, 4) is 11.1 Å². The zero-order valence-corrected chi connectivity index (χ0v) is 10.7. The van der Waals surface area contributed by atoms with Crippen LogP contribution in [0.15, 0.2) is 59.7 Å². The maximum atomic E-state index is 10.9. The molecule has 1 atom stereocenters. The molecule has 5 heteroatoms. The van der Waals surface area contributed by atoms with E-state index in [9.17, 15) is 4.79 Å². The lowest BCUT2D eigenvalue weighted by molar-refractivity contribution is -0.138. The summed E-state index contributed by atoms with van der Waals surface area (Å²) in [4.78, 5) is 13.5. The second-order valence-corrected chi connectivity index (χ2v) is 4.33. The summed E-state index contributed by atoms with van der Waals surface area (Å²) in [5.74, 6) is -1.12. The van der Waals surface area contributed by atoms with Crippen LogP contribution in [-0.2, 0) is 11.2 Å². The minimum Gasteiger partial charge on any atom is -0.481 e. The summed E-state index contributed by atoms with van der Waals surface area (Å²) >= 11 is 0. The van der Waals surface area contributed by atoms with E-state index in [0.29, 0.717) is 0 Å². The number of hydrogen-bond donors (Lipinski definition) is 1. The first-order valence-corrected chi connectivity index (χ1v) is 6.12. The van der Waals surface area contributed by atoms with E-state index in [1.54, 1.807) is 0 Å². The number of benzene rings is 2. The number of carboxylic acids is 1. The molecule has 0 aliphatic rings. The summed E-state index contributed by atoms with van der Waals surface area (Å²) in [6, 6.07) is 16.4. The van der Waals surface area contributed by atoms with Gasteiger partial charge in [-0.2, -0.15) is 0 Å². The fraction of sp³-hybridized carbons (Fsp3) is 0.133. The molecular formula is C15H13N3O2. The summed E-state index contributed by atoms with van der Waals surface area (Å²) in [5, 5.41) is 12.2. The predicted molar refractivity (Wildman–Crippen MR) is 76.2 cm³/mol. The van der Waals surface area contributed by atoms with Crippen molar-refractivity contribution in [1.82, 2.24) is 0 Å². The Balaban J connectivity index is 2.16. The van der Waals surface area contributed by atoms with Crippen LogP contribution in [0.3, 0.4) is 0 Å². The molecule has 0 unspecified atom stereocenters. The van der Waals surface area contributed by atoms with Crippen molar-refractivity contribution < 1.29 is 9.90 Å². The average molecular weight is 267 g/mol. The first-order chi connectivity index (χ1) is 9.70. The van der Waals surface area contributed by atoms with Gasteiger partial charge in [0.1, 0.15) is 6.04 Å². The highest BCUT2D eigenvalue weighted by atomic mass is 16.4. The van der Waals surface area contributed by atoms with Crippen LogP contribution in [0.25, 0.3) is 21.6 Å². The molecule has 2 rings (SSSR count). The lowest BCUT2D eigenvalue weighted by Gasteiger charge is -2.07. The highest BCUT2D eigenvalue weighted by Gasteiger charge is 2.15. The van der Waals surface area contributed by atoms with Crippen LogP contribution < -0.4 is 0 Å². The molecule has 0 aliphatic heterocycles. The molecule has 0 saturated carbocycles. The molecule has 0 amide bonds. The van der Waals surface area contributed by atoms with E-state index in [4.69, 9.17) is 10.6 Å². The van der Waals surface area contributed by atoms with Gasteiger partial charge in [0.2, 0.25) is 0 Å². The Morgan fingerprint density at radius 3 is 2.25 bits per heavy atom. The monoisotopic (exact) mass is 267 g/mol. The van der Waals surface area contributed by atoms with Crippen LogP contribution in [0.4, 0.5) is 0 Å². The number of hydrogen-bond acceptors (Lipinski definition) is 2. The van der Waals surface area contributed by atoms with E-state index in [0.717, 1.165) is 16.7 Å². The number of carbonyl (C=O) groups is 1. The van der Waals surface area contributed by atoms with E-state index in [1.165, 1.54) is 0 Å². The summed E-state index contributed by atoms with van der Waals surface area (Å²) in [6.07, 6.45) is 0.189. The molecule has 100 valence electrons. The minimum absolute atomic E-state index is 0.189. The summed E-state index contributed by atoms with van der Waals surface area (Å²) in [6.45, 7) is 0. The number of carboxylic acid groups (broad SMARTS) is 1. The maximum absolute atomic E-state index is 10.9. The fourth-order valence-electron chi connectivity index (χ4n) is 1.93. The molecule has 0 bridgehead atoms. The normalized spacial score (nSPS) is 11.4. The van der Waals surface area contributed by atoms with Gasteiger partial charge in [-0.05, 0) is 28.6 Å². The molecule has 2 aromatic rings. The Labute approximate surface area is 116 Å². The zero-order valence-electron chi connectivity index (χ0n) is 10.7. The van der Waals surface area contributed by atoms with Crippen molar-refractivity contribution in [2.45, 2.75) is 12.5 Å². The Morgan fingerprint density at radius 2 is 1.70 bits per heavy atom. The SMILES string of the molecule is [N-]=[N+]=N[C@@H](Cc1ccc(-c2ccccc2)cc1)C(=O)O. The van der Waals surface area contributed by atoms with Crippen molar-refractivity contribution >= 4 is 5.97 Å². The topological polar surface area (TPSA) is 86.1 Å². The van der Waals surface area contributed by atoms with E-state index < -0.39 is 12.0 Å². The third-order valence-electron chi connectivity index (χ3n) is 2.97. The molecule has 0 spiro atoms. The molecule has 2 aromatic carbocycles. The van der Waals surface area contributed by atoms with Crippen molar-refractivity contribution in [2.75, 3.05) is 0 Å². The quantitative estimate of drug-likeness (QED) is 0.509. The van der Waals surface area contributed by atoms with Crippen LogP contribution in [0.5, 0.6) is 0 Å². The molecule has 5 nitrogen and oxygen atoms in total. The lowest BCUT2D eigenvalue weighted by Crippen LogP contribution is -2.19. The van der Waals surface area contributed by atoms with Gasteiger partial charge in [0.05, 0.1) is 0 Å². The van der Waals surface area contributed by atoms with E-state index in [-0.39, 0.29) is 6.42 Å². The summed E-state index contributed by atoms with van der Waals surface area (Å²) in [5.41, 5.74) is 11.3. The lowest BCUT2D eigenvalue weighted by atomic mass is 10.0. The first-order valence-electron chi connectivity index (χ1n) is 6.12. The van der Waals surface area contributed by atoms with Gasteiger partial charge in [-0.3, -0.25) is 4.79 Å². The first kappa shape index (κ1) is 13.6. The molecule has 0 radical (unpaired) electrons. The van der Waals surface area contributed by atoms with Crippen molar-refractivity contribution in [3.63, 3.8) is 0 Å². The predicted octanol–water partition coefficient (Wildman–Crippen LogP) is 3.66. The standard InChI is InChI=1S/C15H13N3O2/c16-18-17-14(15(19)20)10-11-6-8-13(9-7-11)12-4-2-1-3-5-12/h1-9,14H,10H2,(H,19,20)/t14-/m0/s1. The van der Waals surface area contributed by atoms with E-state index in [1.807, 2.05) is 54.6 Å². The third kappa shape index (κ3) is 3.37. The molecule has 0 fully saturated rings. The van der Waals surface area contributed by atoms with Gasteiger partial charge in [0.15, 0.2) is 0 Å². The minimum atomic E-state index is -1.12. The second-order valence-electron chi connectivity index (χ2n) is 4.33. The molecular weight excluding hydrogens is 254 g/mol. The number of aliphatic carboxylic acids is 1. The largest absolute Gasteiger partial charge is 0.481 e. The maximum Gasteiger partial charge on any atom is 0.312 e. The van der Waals surface area contributed by atoms with Crippen molar-refractivity contribution in [2.24, 2.45) is 5.11 Å². The van der Waals surface area contributed by atoms with E-state index >= 15 is 0 Å². The van der Waals surface area contributed by atoms with Gasteiger partial charge in [-0.25, -0.2) is 0 Å². The highest BCUT2D eigenvalue weighted by Crippen LogP contribution is 2.20. The van der Waals surface area contributed by atoms with E-state index in [2.05, 4.69) is 10.0 Å². The number of azide groups is 1. The van der Waals surface area contributed by atoms with Crippen LogP contribution in [-0.4, -0.2) is 17.1 Å². The molecule has 20 heavy (non-hydrogen) atoms. The van der Waals surface area contributed by atoms with Crippen molar-refractivity contribution in [3.05, 3.63) is 70.6 Å². The Kier molecular flexibility index (Phi) is 4.37. The average Bonchev–Trinajstić information content (AvgIpc) is 2.48. The van der Waals surface area contributed by atoms with Crippen molar-refractivity contribution in [1.29, 1.82) is 0 Å². The van der Waals surface area contributed by atoms with Gasteiger partial charge in [-0.1, -0.05) is 59.7 Å². The summed E-state index contributed by atoms with van der Waals surface area (Å²) in [7, 11) is 0. The molecule has 0 saturated heterocycles. The van der Waals surface area contributed by atoms with Crippen LogP contribution in [0.1, 0.15) is 5.56 Å². The van der Waals surface area contributed by atoms with Gasteiger partial charge in [0.25, 0.3) is 0 Å². The molecule has 0 aromatic heterocycles. The van der Waals surface area contributed by atoms with Crippen LogP contribution >= 0.6 is 0 Å².